The maximum Gasteiger partial charge on any atom is 0.434 e. The molecule has 0 fully saturated rings. The Balaban J connectivity index is 2.53. The van der Waals surface area contributed by atoms with Crippen molar-refractivity contribution in [3.05, 3.63) is 59.1 Å². The number of halogens is 4. The normalized spacial score (nSPS) is 12.3. The largest absolute Gasteiger partial charge is 0.495 e. The number of ether oxygens (including phenoxy) is 2. The van der Waals surface area contributed by atoms with Gasteiger partial charge in [0.2, 0.25) is 0 Å². The molecule has 30 heavy (non-hydrogen) atoms. The Morgan fingerprint density at radius 2 is 1.77 bits per heavy atom. The minimum absolute atomic E-state index is 0.0784. The lowest BCUT2D eigenvalue weighted by Crippen LogP contribution is -2.58. The van der Waals surface area contributed by atoms with Gasteiger partial charge < -0.3 is 14.8 Å². The molecule has 8 heteroatoms. The molecule has 0 bridgehead atoms. The van der Waals surface area contributed by atoms with Gasteiger partial charge in [0.15, 0.2) is 0 Å². The second-order valence-electron chi connectivity index (χ2n) is 5.80. The highest BCUT2D eigenvalue weighted by molar-refractivity contribution is 6.30. The fraction of sp³-hybridized carbons (Fsp3) is 0.227. The fourth-order valence-corrected chi connectivity index (χ4v) is 2.47. The summed E-state index contributed by atoms with van der Waals surface area (Å²) >= 11 is 5.78. The van der Waals surface area contributed by atoms with Crippen molar-refractivity contribution in [3.63, 3.8) is 0 Å². The van der Waals surface area contributed by atoms with Crippen molar-refractivity contribution in [2.24, 2.45) is 0 Å². The van der Waals surface area contributed by atoms with Gasteiger partial charge in [0.1, 0.15) is 5.75 Å². The third-order valence-electron chi connectivity index (χ3n) is 3.80. The highest BCUT2D eigenvalue weighted by Crippen LogP contribution is 2.37. The summed E-state index contributed by atoms with van der Waals surface area (Å²) in [5, 5.41) is 2.65. The van der Waals surface area contributed by atoms with E-state index in [1.165, 1.54) is 32.2 Å². The molecule has 1 atom stereocenters. The lowest BCUT2D eigenvalue weighted by atomic mass is 9.98. The molecular formula is C22H17ClF3NO3. The Morgan fingerprint density at radius 1 is 1.10 bits per heavy atom. The van der Waals surface area contributed by atoms with Gasteiger partial charge in [-0.2, -0.15) is 13.2 Å². The van der Waals surface area contributed by atoms with Gasteiger partial charge in [0, 0.05) is 10.6 Å². The molecule has 0 aliphatic heterocycles. The predicted molar refractivity (Wildman–Crippen MR) is 108 cm³/mol. The summed E-state index contributed by atoms with van der Waals surface area (Å²) in [6.45, 7) is 1.14. The van der Waals surface area contributed by atoms with E-state index in [1.54, 1.807) is 30.3 Å². The Hall–Kier alpha value is -3.29. The molecule has 1 N–H and O–H groups in total. The van der Waals surface area contributed by atoms with Gasteiger partial charge in [-0.25, -0.2) is 4.79 Å². The predicted octanol–water partition coefficient (Wildman–Crippen LogP) is 4.68. The number of carbonyl (C=O) groups is 1. The van der Waals surface area contributed by atoms with E-state index in [-0.39, 0.29) is 18.0 Å². The minimum Gasteiger partial charge on any atom is -0.495 e. The van der Waals surface area contributed by atoms with Gasteiger partial charge in [-0.05, 0) is 61.1 Å². The highest BCUT2D eigenvalue weighted by Gasteiger charge is 2.62. The van der Waals surface area contributed by atoms with Crippen LogP contribution in [0.1, 0.15) is 12.5 Å². The van der Waals surface area contributed by atoms with E-state index in [0.717, 1.165) is 0 Å². The van der Waals surface area contributed by atoms with Crippen molar-refractivity contribution in [1.29, 1.82) is 0 Å². The minimum atomic E-state index is -5.12. The monoisotopic (exact) mass is 435 g/mol. The van der Waals surface area contributed by atoms with Crippen molar-refractivity contribution in [3.8, 4) is 29.4 Å². The van der Waals surface area contributed by atoms with Crippen LogP contribution in [0.5, 0.6) is 5.75 Å². The number of carbonyl (C=O) groups excluding carboxylic acids is 1. The maximum absolute atomic E-state index is 14.1. The summed E-state index contributed by atoms with van der Waals surface area (Å²) in [5.41, 5.74) is -2.92. The van der Waals surface area contributed by atoms with Gasteiger partial charge in [-0.3, -0.25) is 0 Å². The molecule has 0 aliphatic carbocycles. The molecule has 0 aliphatic rings. The van der Waals surface area contributed by atoms with Crippen LogP contribution in [0, 0.1) is 23.7 Å². The first kappa shape index (κ1) is 23.0. The van der Waals surface area contributed by atoms with Crippen molar-refractivity contribution in [2.75, 3.05) is 19.0 Å². The molecule has 2 aromatic rings. The van der Waals surface area contributed by atoms with E-state index >= 15 is 0 Å². The molecule has 0 aromatic heterocycles. The van der Waals surface area contributed by atoms with Crippen LogP contribution in [0.3, 0.4) is 0 Å². The van der Waals surface area contributed by atoms with Crippen molar-refractivity contribution >= 4 is 23.3 Å². The second-order valence-corrected chi connectivity index (χ2v) is 6.24. The first-order valence-electron chi connectivity index (χ1n) is 8.67. The quantitative estimate of drug-likeness (QED) is 0.547. The molecule has 0 amide bonds. The molecule has 1 unspecified atom stereocenters. The third kappa shape index (κ3) is 5.40. The van der Waals surface area contributed by atoms with Gasteiger partial charge in [-0.15, -0.1) is 0 Å². The van der Waals surface area contributed by atoms with Gasteiger partial charge in [0.05, 0.1) is 19.4 Å². The van der Waals surface area contributed by atoms with Crippen LogP contribution in [0.15, 0.2) is 48.5 Å². The summed E-state index contributed by atoms with van der Waals surface area (Å²) in [5.74, 6) is 7.48. The number of esters is 1. The van der Waals surface area contributed by atoms with Gasteiger partial charge in [0.25, 0.3) is 5.54 Å². The molecule has 0 radical (unpaired) electrons. The summed E-state index contributed by atoms with van der Waals surface area (Å²) < 4.78 is 52.0. The fourth-order valence-electron chi connectivity index (χ4n) is 2.34. The Labute approximate surface area is 177 Å². The Morgan fingerprint density at radius 3 is 2.37 bits per heavy atom. The Bertz CT molecular complexity index is 1010. The molecule has 4 nitrogen and oxygen atoms in total. The smallest absolute Gasteiger partial charge is 0.434 e. The number of benzene rings is 2. The topological polar surface area (TPSA) is 47.6 Å². The Kier molecular flexibility index (Phi) is 7.63. The molecule has 0 heterocycles. The molecule has 0 saturated carbocycles. The molecule has 0 saturated heterocycles. The average Bonchev–Trinajstić information content (AvgIpc) is 2.71. The number of para-hydroxylation sites is 2. The van der Waals surface area contributed by atoms with E-state index < -0.39 is 17.7 Å². The zero-order valence-electron chi connectivity index (χ0n) is 16.1. The van der Waals surface area contributed by atoms with E-state index in [4.69, 9.17) is 16.3 Å². The summed E-state index contributed by atoms with van der Waals surface area (Å²) in [4.78, 5) is 12.4. The van der Waals surface area contributed by atoms with Crippen molar-refractivity contribution < 1.29 is 27.4 Å². The van der Waals surface area contributed by atoms with E-state index in [9.17, 15) is 18.0 Å². The summed E-state index contributed by atoms with van der Waals surface area (Å²) in [6.07, 6.45) is -5.12. The van der Waals surface area contributed by atoms with Gasteiger partial charge in [-0.1, -0.05) is 29.7 Å². The number of hydrogen-bond acceptors (Lipinski definition) is 4. The third-order valence-corrected chi connectivity index (χ3v) is 4.05. The number of alkyl halides is 3. The lowest BCUT2D eigenvalue weighted by molar-refractivity contribution is -0.188. The van der Waals surface area contributed by atoms with Crippen LogP contribution in [0.2, 0.25) is 5.02 Å². The maximum atomic E-state index is 14.1. The number of rotatable bonds is 5. The number of hydrogen-bond donors (Lipinski definition) is 1. The van der Waals surface area contributed by atoms with E-state index in [0.29, 0.717) is 10.6 Å². The van der Waals surface area contributed by atoms with Crippen LogP contribution in [-0.4, -0.2) is 31.4 Å². The average molecular weight is 436 g/mol. The molecular weight excluding hydrogens is 419 g/mol. The number of nitrogens with one attached hydrogen (secondary N) is 1. The highest BCUT2D eigenvalue weighted by atomic mass is 35.5. The van der Waals surface area contributed by atoms with Crippen molar-refractivity contribution in [2.45, 2.75) is 18.6 Å². The summed E-state index contributed by atoms with van der Waals surface area (Å²) in [7, 11) is 1.30. The van der Waals surface area contributed by atoms with Crippen LogP contribution < -0.4 is 10.1 Å². The lowest BCUT2D eigenvalue weighted by Gasteiger charge is -2.30. The van der Waals surface area contributed by atoms with Gasteiger partial charge >= 0.3 is 12.1 Å². The zero-order chi connectivity index (χ0) is 22.2. The van der Waals surface area contributed by atoms with E-state index in [1.807, 2.05) is 5.92 Å². The molecule has 156 valence electrons. The first-order valence-corrected chi connectivity index (χ1v) is 9.05. The standard InChI is InChI=1S/C22H17ClF3NO3/c1-3-30-20(28)21(22(24,25)26,27-18-9-4-5-10-19(18)29-2)15-7-6-8-16-11-13-17(23)14-12-16/h4-5,9-14,27H,3H2,1-2H3. The van der Waals surface area contributed by atoms with Crippen molar-refractivity contribution in [1.82, 2.24) is 0 Å². The molecule has 2 rings (SSSR count). The number of methoxy groups -OCH3 is 1. The second kappa shape index (κ2) is 9.96. The van der Waals surface area contributed by atoms with Crippen LogP contribution >= 0.6 is 11.6 Å². The van der Waals surface area contributed by atoms with Crippen LogP contribution in [0.4, 0.5) is 18.9 Å². The number of anilines is 1. The SMILES string of the molecule is CCOC(=O)C(C#CC#Cc1ccc(Cl)cc1)(Nc1ccccc1OC)C(F)(F)F. The molecule has 0 spiro atoms. The first-order chi connectivity index (χ1) is 14.2. The molecule has 2 aromatic carbocycles. The summed E-state index contributed by atoms with van der Waals surface area (Å²) in [6, 6.07) is 12.2. The van der Waals surface area contributed by atoms with E-state index in [2.05, 4.69) is 27.8 Å². The van der Waals surface area contributed by atoms with Crippen LogP contribution in [-0.2, 0) is 9.53 Å². The van der Waals surface area contributed by atoms with Crippen LogP contribution in [0.25, 0.3) is 0 Å². The zero-order valence-corrected chi connectivity index (χ0v) is 16.8.